The molecular formula is C18H27N3O3. The molecule has 2 saturated heterocycles. The van der Waals surface area contributed by atoms with Gasteiger partial charge in [-0.05, 0) is 51.0 Å². The minimum atomic E-state index is -0.188. The molecular weight excluding hydrogens is 306 g/mol. The molecule has 2 heterocycles. The Labute approximate surface area is 143 Å². The number of nitrogens with zero attached hydrogens (tertiary/aromatic N) is 1. The van der Waals surface area contributed by atoms with Crippen LogP contribution < -0.4 is 15.5 Å². The van der Waals surface area contributed by atoms with Crippen LogP contribution >= 0.6 is 0 Å². The van der Waals surface area contributed by atoms with Crippen LogP contribution in [0, 0.1) is 0 Å². The van der Waals surface area contributed by atoms with Crippen LogP contribution in [-0.2, 0) is 9.47 Å². The van der Waals surface area contributed by atoms with Crippen LogP contribution in [0.4, 0.5) is 16.2 Å². The zero-order valence-corrected chi connectivity index (χ0v) is 14.5. The largest absolute Gasteiger partial charge is 0.376 e. The topological polar surface area (TPSA) is 62.8 Å². The zero-order chi connectivity index (χ0) is 16.9. The molecule has 1 aromatic rings. The Morgan fingerprint density at radius 2 is 1.92 bits per heavy atom. The quantitative estimate of drug-likeness (QED) is 0.889. The Morgan fingerprint density at radius 1 is 1.21 bits per heavy atom. The van der Waals surface area contributed by atoms with Crippen LogP contribution in [0.5, 0.6) is 0 Å². The molecule has 1 aromatic carbocycles. The Morgan fingerprint density at radius 3 is 2.54 bits per heavy atom. The number of morpholine rings is 1. The van der Waals surface area contributed by atoms with Crippen molar-refractivity contribution < 1.29 is 14.3 Å². The molecule has 6 nitrogen and oxygen atoms in total. The lowest BCUT2D eigenvalue weighted by Gasteiger charge is -2.36. The third-order valence-electron chi connectivity index (χ3n) is 4.42. The van der Waals surface area contributed by atoms with Crippen molar-refractivity contribution in [3.63, 3.8) is 0 Å². The van der Waals surface area contributed by atoms with Gasteiger partial charge in [0.25, 0.3) is 0 Å². The van der Waals surface area contributed by atoms with E-state index in [4.69, 9.17) is 9.47 Å². The predicted octanol–water partition coefficient (Wildman–Crippen LogP) is 2.60. The maximum Gasteiger partial charge on any atom is 0.319 e. The molecule has 2 fully saturated rings. The van der Waals surface area contributed by atoms with E-state index in [0.717, 1.165) is 43.9 Å². The van der Waals surface area contributed by atoms with Crippen molar-refractivity contribution in [1.82, 2.24) is 5.32 Å². The summed E-state index contributed by atoms with van der Waals surface area (Å²) in [6, 6.07) is 7.77. The molecule has 2 amide bonds. The van der Waals surface area contributed by atoms with Gasteiger partial charge in [-0.25, -0.2) is 4.79 Å². The number of rotatable bonds is 4. The second kappa shape index (κ2) is 7.85. The molecule has 0 aromatic heterocycles. The number of ether oxygens (including phenoxy) is 2. The predicted molar refractivity (Wildman–Crippen MR) is 94.7 cm³/mol. The van der Waals surface area contributed by atoms with Crippen LogP contribution in [0.25, 0.3) is 0 Å². The number of amides is 2. The fourth-order valence-corrected chi connectivity index (χ4v) is 3.33. The van der Waals surface area contributed by atoms with Crippen molar-refractivity contribution in [2.45, 2.75) is 45.0 Å². The first kappa shape index (κ1) is 17.0. The van der Waals surface area contributed by atoms with Crippen molar-refractivity contribution in [2.75, 3.05) is 36.5 Å². The molecule has 3 atom stereocenters. The summed E-state index contributed by atoms with van der Waals surface area (Å²) in [5.74, 6) is 0. The Kier molecular flexibility index (Phi) is 5.58. The lowest BCUT2D eigenvalue weighted by Crippen LogP contribution is -2.45. The fourth-order valence-electron chi connectivity index (χ4n) is 3.33. The molecule has 0 spiro atoms. The maximum absolute atomic E-state index is 11.9. The van der Waals surface area contributed by atoms with E-state index in [1.54, 1.807) is 0 Å². The minimum Gasteiger partial charge on any atom is -0.376 e. The summed E-state index contributed by atoms with van der Waals surface area (Å²) < 4.78 is 11.3. The second-order valence-corrected chi connectivity index (χ2v) is 6.68. The highest BCUT2D eigenvalue weighted by atomic mass is 16.5. The SMILES string of the molecule is C[C@@H]1CN(c2ccc(NC(=O)NC[C@H]3CCCO3)cc2)C[C@H](C)O1. The maximum atomic E-state index is 11.9. The minimum absolute atomic E-state index is 0.156. The van der Waals surface area contributed by atoms with Gasteiger partial charge >= 0.3 is 6.03 Å². The van der Waals surface area contributed by atoms with Gasteiger partial charge < -0.3 is 25.0 Å². The van der Waals surface area contributed by atoms with Crippen molar-refractivity contribution in [3.05, 3.63) is 24.3 Å². The Balaban J connectivity index is 1.49. The van der Waals surface area contributed by atoms with Crippen molar-refractivity contribution >= 4 is 17.4 Å². The summed E-state index contributed by atoms with van der Waals surface area (Å²) in [6.07, 6.45) is 2.72. The fraction of sp³-hybridized carbons (Fsp3) is 0.611. The first-order valence-electron chi connectivity index (χ1n) is 8.77. The highest BCUT2D eigenvalue weighted by molar-refractivity contribution is 5.89. The summed E-state index contributed by atoms with van der Waals surface area (Å²) in [7, 11) is 0. The first-order chi connectivity index (χ1) is 11.6. The number of carbonyl (C=O) groups is 1. The summed E-state index contributed by atoms with van der Waals surface area (Å²) in [6.45, 7) is 7.33. The van der Waals surface area contributed by atoms with Gasteiger partial charge in [0.1, 0.15) is 0 Å². The van der Waals surface area contributed by atoms with E-state index in [2.05, 4.69) is 29.4 Å². The molecule has 2 aliphatic rings. The van der Waals surface area contributed by atoms with Crippen LogP contribution in [0.3, 0.4) is 0 Å². The van der Waals surface area contributed by atoms with Crippen LogP contribution in [0.2, 0.25) is 0 Å². The molecule has 0 bridgehead atoms. The average molecular weight is 333 g/mol. The summed E-state index contributed by atoms with van der Waals surface area (Å²) >= 11 is 0. The van der Waals surface area contributed by atoms with Gasteiger partial charge in [-0.3, -0.25) is 0 Å². The molecule has 132 valence electrons. The molecule has 0 unspecified atom stereocenters. The van der Waals surface area contributed by atoms with E-state index >= 15 is 0 Å². The molecule has 3 rings (SSSR count). The Bertz CT molecular complexity index is 533. The monoisotopic (exact) mass is 333 g/mol. The van der Waals surface area contributed by atoms with E-state index < -0.39 is 0 Å². The van der Waals surface area contributed by atoms with Crippen LogP contribution in [0.1, 0.15) is 26.7 Å². The smallest absolute Gasteiger partial charge is 0.319 e. The molecule has 2 aliphatic heterocycles. The molecule has 6 heteroatoms. The normalized spacial score (nSPS) is 27.1. The average Bonchev–Trinajstić information content (AvgIpc) is 3.06. The number of urea groups is 1. The standard InChI is InChI=1S/C18H27N3O3/c1-13-11-21(12-14(2)24-13)16-7-5-15(6-8-16)20-18(22)19-10-17-4-3-9-23-17/h5-8,13-14,17H,3-4,9-12H2,1-2H3,(H2,19,20,22)/t13-,14+,17-/m1/s1. The molecule has 24 heavy (non-hydrogen) atoms. The van der Waals surface area contributed by atoms with Gasteiger partial charge in [0.15, 0.2) is 0 Å². The first-order valence-corrected chi connectivity index (χ1v) is 8.77. The highest BCUT2D eigenvalue weighted by Crippen LogP contribution is 2.22. The van der Waals surface area contributed by atoms with Gasteiger partial charge in [0.2, 0.25) is 0 Å². The van der Waals surface area contributed by atoms with Gasteiger partial charge in [-0.15, -0.1) is 0 Å². The summed E-state index contributed by atoms with van der Waals surface area (Å²) in [5.41, 5.74) is 1.94. The zero-order valence-electron chi connectivity index (χ0n) is 14.5. The third-order valence-corrected chi connectivity index (χ3v) is 4.42. The lowest BCUT2D eigenvalue weighted by molar-refractivity contribution is -0.00521. The van der Waals surface area contributed by atoms with Crippen molar-refractivity contribution in [2.24, 2.45) is 0 Å². The molecule has 0 aliphatic carbocycles. The number of hydrogen-bond acceptors (Lipinski definition) is 4. The van der Waals surface area contributed by atoms with E-state index in [1.165, 1.54) is 0 Å². The number of nitrogens with one attached hydrogen (secondary N) is 2. The second-order valence-electron chi connectivity index (χ2n) is 6.68. The molecule has 0 radical (unpaired) electrons. The van der Waals surface area contributed by atoms with E-state index in [0.29, 0.717) is 6.54 Å². The van der Waals surface area contributed by atoms with Gasteiger partial charge in [0, 0.05) is 37.6 Å². The van der Waals surface area contributed by atoms with Crippen LogP contribution in [0.15, 0.2) is 24.3 Å². The van der Waals surface area contributed by atoms with Crippen molar-refractivity contribution in [1.29, 1.82) is 0 Å². The summed E-state index contributed by atoms with van der Waals surface area (Å²) in [4.78, 5) is 14.3. The number of carbonyl (C=O) groups excluding carboxylic acids is 1. The van der Waals surface area contributed by atoms with E-state index in [9.17, 15) is 4.79 Å². The number of anilines is 2. The third kappa shape index (κ3) is 4.61. The molecule has 2 N–H and O–H groups in total. The van der Waals surface area contributed by atoms with E-state index in [-0.39, 0.29) is 24.3 Å². The summed E-state index contributed by atoms with van der Waals surface area (Å²) in [5, 5.41) is 5.73. The highest BCUT2D eigenvalue weighted by Gasteiger charge is 2.22. The van der Waals surface area contributed by atoms with Gasteiger partial charge in [-0.1, -0.05) is 0 Å². The van der Waals surface area contributed by atoms with Gasteiger partial charge in [-0.2, -0.15) is 0 Å². The number of hydrogen-bond donors (Lipinski definition) is 2. The molecule has 0 saturated carbocycles. The number of benzene rings is 1. The van der Waals surface area contributed by atoms with Crippen LogP contribution in [-0.4, -0.2) is 50.6 Å². The van der Waals surface area contributed by atoms with Crippen molar-refractivity contribution in [3.8, 4) is 0 Å². The van der Waals surface area contributed by atoms with Gasteiger partial charge in [0.05, 0.1) is 18.3 Å². The lowest BCUT2D eigenvalue weighted by atomic mass is 10.2. The van der Waals surface area contributed by atoms with E-state index in [1.807, 2.05) is 24.3 Å². The Hall–Kier alpha value is -1.79.